The third kappa shape index (κ3) is 2.49. The molecule has 0 saturated carbocycles. The van der Waals surface area contributed by atoms with E-state index in [1.165, 1.54) is 0 Å². The van der Waals surface area contributed by atoms with Crippen LogP contribution in [0.15, 0.2) is 18.3 Å². The number of hydrogen-bond acceptors (Lipinski definition) is 3. The third-order valence-electron chi connectivity index (χ3n) is 2.05. The summed E-state index contributed by atoms with van der Waals surface area (Å²) in [5.41, 5.74) is 1.07. The Morgan fingerprint density at radius 1 is 1.57 bits per heavy atom. The number of carbonyl (C=O) groups is 2. The summed E-state index contributed by atoms with van der Waals surface area (Å²) in [4.78, 5) is 25.9. The second-order valence-electron chi connectivity index (χ2n) is 3.46. The van der Waals surface area contributed by atoms with Crippen LogP contribution in [0.2, 0.25) is 0 Å². The molecule has 1 aromatic rings. The van der Waals surface area contributed by atoms with Crippen molar-refractivity contribution < 1.29 is 9.59 Å². The van der Waals surface area contributed by atoms with E-state index in [1.54, 1.807) is 18.3 Å². The van der Waals surface area contributed by atoms with Gasteiger partial charge in [0, 0.05) is 18.5 Å². The highest BCUT2D eigenvalue weighted by molar-refractivity contribution is 5.85. The van der Waals surface area contributed by atoms with Gasteiger partial charge in [-0.25, -0.2) is 0 Å². The first-order valence-corrected chi connectivity index (χ1v) is 4.57. The SMILES string of the molecule is CC(C)C(=O)Cc1cccnc1C=O. The first-order valence-electron chi connectivity index (χ1n) is 4.57. The fourth-order valence-electron chi connectivity index (χ4n) is 1.10. The van der Waals surface area contributed by atoms with Gasteiger partial charge in [-0.1, -0.05) is 19.9 Å². The molecule has 3 heteroatoms. The van der Waals surface area contributed by atoms with Crippen molar-refractivity contribution in [2.75, 3.05) is 0 Å². The molecule has 1 aromatic heterocycles. The number of Topliss-reactive ketones (excluding diaryl/α,β-unsaturated/α-hetero) is 1. The Morgan fingerprint density at radius 2 is 2.29 bits per heavy atom. The highest BCUT2D eigenvalue weighted by atomic mass is 16.1. The molecule has 0 aliphatic carbocycles. The van der Waals surface area contributed by atoms with Crippen LogP contribution in [-0.4, -0.2) is 17.1 Å². The Bertz CT molecular complexity index is 345. The summed E-state index contributed by atoms with van der Waals surface area (Å²) in [7, 11) is 0. The molecule has 1 rings (SSSR count). The fourth-order valence-corrected chi connectivity index (χ4v) is 1.10. The van der Waals surface area contributed by atoms with Gasteiger partial charge in [-0.15, -0.1) is 0 Å². The molecule has 3 nitrogen and oxygen atoms in total. The van der Waals surface area contributed by atoms with E-state index in [4.69, 9.17) is 0 Å². The number of aromatic nitrogens is 1. The van der Waals surface area contributed by atoms with Crippen molar-refractivity contribution in [1.29, 1.82) is 0 Å². The number of nitrogens with zero attached hydrogens (tertiary/aromatic N) is 1. The molecule has 0 amide bonds. The molecule has 0 aliphatic heterocycles. The Balaban J connectivity index is 2.85. The van der Waals surface area contributed by atoms with E-state index < -0.39 is 0 Å². The second-order valence-corrected chi connectivity index (χ2v) is 3.46. The molecular formula is C11H13NO2. The molecule has 0 unspecified atom stereocenters. The number of carbonyl (C=O) groups excluding carboxylic acids is 2. The van der Waals surface area contributed by atoms with E-state index in [0.717, 1.165) is 0 Å². The molecule has 0 fully saturated rings. The topological polar surface area (TPSA) is 47.0 Å². The number of ketones is 1. The van der Waals surface area contributed by atoms with E-state index in [-0.39, 0.29) is 11.7 Å². The minimum atomic E-state index is -0.00490. The van der Waals surface area contributed by atoms with Crippen LogP contribution in [0.25, 0.3) is 0 Å². The number of hydrogen-bond donors (Lipinski definition) is 0. The zero-order valence-electron chi connectivity index (χ0n) is 8.36. The quantitative estimate of drug-likeness (QED) is 0.680. The van der Waals surface area contributed by atoms with Gasteiger partial charge in [0.05, 0.1) is 0 Å². The lowest BCUT2D eigenvalue weighted by Gasteiger charge is -2.05. The van der Waals surface area contributed by atoms with Crippen LogP contribution in [0.4, 0.5) is 0 Å². The maximum Gasteiger partial charge on any atom is 0.168 e. The molecule has 0 bridgehead atoms. The Hall–Kier alpha value is -1.51. The molecule has 14 heavy (non-hydrogen) atoms. The van der Waals surface area contributed by atoms with Crippen LogP contribution >= 0.6 is 0 Å². The molecule has 0 aliphatic rings. The predicted octanol–water partition coefficient (Wildman–Crippen LogP) is 1.66. The van der Waals surface area contributed by atoms with Crippen molar-refractivity contribution in [3.8, 4) is 0 Å². The van der Waals surface area contributed by atoms with Crippen molar-refractivity contribution in [3.05, 3.63) is 29.6 Å². The van der Waals surface area contributed by atoms with Gasteiger partial charge in [0.1, 0.15) is 11.5 Å². The largest absolute Gasteiger partial charge is 0.299 e. The van der Waals surface area contributed by atoms with Crippen molar-refractivity contribution in [2.45, 2.75) is 20.3 Å². The summed E-state index contributed by atoms with van der Waals surface area (Å²) in [6, 6.07) is 3.49. The number of pyridine rings is 1. The van der Waals surface area contributed by atoms with Gasteiger partial charge in [-0.3, -0.25) is 14.6 Å². The first kappa shape index (κ1) is 10.6. The van der Waals surface area contributed by atoms with E-state index in [2.05, 4.69) is 4.98 Å². The van der Waals surface area contributed by atoms with E-state index >= 15 is 0 Å². The Morgan fingerprint density at radius 3 is 2.86 bits per heavy atom. The average molecular weight is 191 g/mol. The molecule has 0 saturated heterocycles. The molecule has 1 heterocycles. The van der Waals surface area contributed by atoms with E-state index in [1.807, 2.05) is 13.8 Å². The molecule has 0 aromatic carbocycles. The maximum atomic E-state index is 11.4. The summed E-state index contributed by atoms with van der Waals surface area (Å²) in [5, 5.41) is 0. The van der Waals surface area contributed by atoms with Gasteiger partial charge >= 0.3 is 0 Å². The van der Waals surface area contributed by atoms with E-state index in [9.17, 15) is 9.59 Å². The van der Waals surface area contributed by atoms with Crippen LogP contribution in [0.3, 0.4) is 0 Å². The lowest BCUT2D eigenvalue weighted by Crippen LogP contribution is -2.12. The van der Waals surface area contributed by atoms with Gasteiger partial charge < -0.3 is 0 Å². The first-order chi connectivity index (χ1) is 6.65. The highest BCUT2D eigenvalue weighted by Crippen LogP contribution is 2.07. The predicted molar refractivity (Wildman–Crippen MR) is 53.2 cm³/mol. The molecule has 74 valence electrons. The third-order valence-corrected chi connectivity index (χ3v) is 2.05. The van der Waals surface area contributed by atoms with Crippen LogP contribution in [-0.2, 0) is 11.2 Å². The number of aldehydes is 1. The minimum Gasteiger partial charge on any atom is -0.299 e. The van der Waals surface area contributed by atoms with Crippen molar-refractivity contribution in [2.24, 2.45) is 5.92 Å². The molecule has 0 spiro atoms. The van der Waals surface area contributed by atoms with E-state index in [0.29, 0.717) is 24.0 Å². The van der Waals surface area contributed by atoms with Gasteiger partial charge in [-0.05, 0) is 11.6 Å². The summed E-state index contributed by atoms with van der Waals surface area (Å²) < 4.78 is 0. The van der Waals surface area contributed by atoms with Gasteiger partial charge in [0.2, 0.25) is 0 Å². The van der Waals surface area contributed by atoms with Gasteiger partial charge in [0.15, 0.2) is 6.29 Å². The molecular weight excluding hydrogens is 178 g/mol. The monoisotopic (exact) mass is 191 g/mol. The molecule has 0 atom stereocenters. The lowest BCUT2D eigenvalue weighted by molar-refractivity contribution is -0.121. The number of rotatable bonds is 4. The van der Waals surface area contributed by atoms with Gasteiger partial charge in [0.25, 0.3) is 0 Å². The molecule has 0 N–H and O–H groups in total. The van der Waals surface area contributed by atoms with Crippen molar-refractivity contribution in [3.63, 3.8) is 0 Å². The normalized spacial score (nSPS) is 10.2. The minimum absolute atomic E-state index is 0.00490. The van der Waals surface area contributed by atoms with Crippen LogP contribution in [0, 0.1) is 5.92 Å². The van der Waals surface area contributed by atoms with Crippen LogP contribution < -0.4 is 0 Å². The van der Waals surface area contributed by atoms with Crippen molar-refractivity contribution in [1.82, 2.24) is 4.98 Å². The standard InChI is InChI=1S/C11H13NO2/c1-8(2)11(14)6-9-4-3-5-12-10(9)7-13/h3-5,7-8H,6H2,1-2H3. The zero-order valence-corrected chi connectivity index (χ0v) is 8.36. The van der Waals surface area contributed by atoms with Crippen molar-refractivity contribution >= 4 is 12.1 Å². The summed E-state index contributed by atoms with van der Waals surface area (Å²) in [6.07, 6.45) is 2.52. The van der Waals surface area contributed by atoms with Gasteiger partial charge in [-0.2, -0.15) is 0 Å². The lowest BCUT2D eigenvalue weighted by atomic mass is 10.0. The average Bonchev–Trinajstić information content (AvgIpc) is 2.18. The Labute approximate surface area is 83.2 Å². The maximum absolute atomic E-state index is 11.4. The molecule has 0 radical (unpaired) electrons. The van der Waals surface area contributed by atoms with Crippen LogP contribution in [0.5, 0.6) is 0 Å². The highest BCUT2D eigenvalue weighted by Gasteiger charge is 2.11. The van der Waals surface area contributed by atoms with Crippen LogP contribution in [0.1, 0.15) is 29.9 Å². The smallest absolute Gasteiger partial charge is 0.168 e. The fraction of sp³-hybridized carbons (Fsp3) is 0.364. The summed E-state index contributed by atoms with van der Waals surface area (Å²) in [5.74, 6) is 0.121. The zero-order chi connectivity index (χ0) is 10.6. The second kappa shape index (κ2) is 4.65. The summed E-state index contributed by atoms with van der Waals surface area (Å²) in [6.45, 7) is 3.69. The summed E-state index contributed by atoms with van der Waals surface area (Å²) >= 11 is 0. The Kier molecular flexibility index (Phi) is 3.51.